The smallest absolute Gasteiger partial charge is 0.404 e. The SMILES string of the molecule is CC(C)(O)CNC(=O)O.COc1cc2c(cc1OC(C)C)[C@H](c1ccc(Cl)cc1)N(c1ccc(N(C)CC3CCCCC3)cc1)C(=O)C2. The fraction of sp³-hybridized carbons (Fsp3) is 0.474. The molecule has 2 amide bonds. The second kappa shape index (κ2) is 16.4. The third-order valence-corrected chi connectivity index (χ3v) is 8.89. The summed E-state index contributed by atoms with van der Waals surface area (Å²) in [5, 5.41) is 19.7. The van der Waals surface area contributed by atoms with Gasteiger partial charge in [-0.25, -0.2) is 4.79 Å². The summed E-state index contributed by atoms with van der Waals surface area (Å²) < 4.78 is 11.8. The number of amides is 2. The van der Waals surface area contributed by atoms with Crippen LogP contribution in [0.25, 0.3) is 0 Å². The predicted octanol–water partition coefficient (Wildman–Crippen LogP) is 7.86. The molecule has 1 aliphatic heterocycles. The van der Waals surface area contributed by atoms with E-state index in [0.29, 0.717) is 22.9 Å². The lowest BCUT2D eigenvalue weighted by Gasteiger charge is -2.38. The zero-order valence-electron chi connectivity index (χ0n) is 29.0. The zero-order chi connectivity index (χ0) is 35.0. The lowest BCUT2D eigenvalue weighted by atomic mass is 9.86. The van der Waals surface area contributed by atoms with Crippen LogP contribution in [-0.4, -0.2) is 61.2 Å². The number of benzene rings is 3. The van der Waals surface area contributed by atoms with Crippen LogP contribution in [0.15, 0.2) is 60.7 Å². The van der Waals surface area contributed by atoms with Crippen LogP contribution in [0.4, 0.5) is 16.2 Å². The fourth-order valence-electron chi connectivity index (χ4n) is 6.35. The molecule has 9 nitrogen and oxygen atoms in total. The molecule has 0 saturated heterocycles. The third kappa shape index (κ3) is 10.0. The number of ether oxygens (including phenoxy) is 2. The molecule has 10 heteroatoms. The maximum Gasteiger partial charge on any atom is 0.404 e. The molecule has 1 fully saturated rings. The van der Waals surface area contributed by atoms with Gasteiger partial charge < -0.3 is 34.8 Å². The van der Waals surface area contributed by atoms with Crippen LogP contribution in [0.2, 0.25) is 5.02 Å². The van der Waals surface area contributed by atoms with Gasteiger partial charge in [0.1, 0.15) is 0 Å². The summed E-state index contributed by atoms with van der Waals surface area (Å²) in [5.74, 6) is 2.13. The molecule has 1 aliphatic carbocycles. The van der Waals surface area contributed by atoms with Gasteiger partial charge in [0.05, 0.1) is 31.3 Å². The van der Waals surface area contributed by atoms with E-state index >= 15 is 0 Å². The van der Waals surface area contributed by atoms with Gasteiger partial charge in [-0.3, -0.25) is 4.79 Å². The van der Waals surface area contributed by atoms with Crippen LogP contribution < -0.4 is 24.6 Å². The van der Waals surface area contributed by atoms with Gasteiger partial charge in [-0.15, -0.1) is 0 Å². The Morgan fingerprint density at radius 2 is 1.69 bits per heavy atom. The molecule has 2 aliphatic rings. The molecule has 5 rings (SSSR count). The number of hydrogen-bond donors (Lipinski definition) is 3. The Bertz CT molecular complexity index is 1520. The Hall–Kier alpha value is -3.95. The first-order chi connectivity index (χ1) is 22.8. The highest BCUT2D eigenvalue weighted by atomic mass is 35.5. The molecule has 0 spiro atoms. The van der Waals surface area contributed by atoms with Crippen molar-refractivity contribution in [3.63, 3.8) is 0 Å². The largest absolute Gasteiger partial charge is 0.493 e. The summed E-state index contributed by atoms with van der Waals surface area (Å²) in [6.45, 7) is 8.19. The Morgan fingerprint density at radius 3 is 2.23 bits per heavy atom. The summed E-state index contributed by atoms with van der Waals surface area (Å²) in [6.07, 6.45) is 5.87. The number of nitrogens with zero attached hydrogens (tertiary/aromatic N) is 2. The Kier molecular flexibility index (Phi) is 12.6. The predicted molar refractivity (Wildman–Crippen MR) is 192 cm³/mol. The number of carbonyl (C=O) groups is 2. The monoisotopic (exact) mass is 679 g/mol. The number of carbonyl (C=O) groups excluding carboxylic acids is 1. The van der Waals surface area contributed by atoms with E-state index in [2.05, 4.69) is 41.5 Å². The molecule has 0 bridgehead atoms. The van der Waals surface area contributed by atoms with Crippen molar-refractivity contribution in [1.82, 2.24) is 5.32 Å². The van der Waals surface area contributed by atoms with Gasteiger partial charge in [0, 0.05) is 36.5 Å². The van der Waals surface area contributed by atoms with Crippen LogP contribution in [0, 0.1) is 5.92 Å². The summed E-state index contributed by atoms with van der Waals surface area (Å²) in [4.78, 5) is 27.9. The summed E-state index contributed by atoms with van der Waals surface area (Å²) >= 11 is 6.25. The number of carboxylic acid groups (broad SMARTS) is 1. The number of nitrogens with one attached hydrogen (secondary N) is 1. The standard InChI is InChI=1S/C33H39ClN2O3.C5H11NO3/c1-22(2)39-31-20-29-25(18-30(31)38-4)19-32(37)36(33(29)24-10-12-26(34)13-11-24)28-16-14-27(15-17-28)35(3)21-23-8-6-5-7-9-23;1-5(2,9)3-6-4(7)8/h10-18,20,22-23,33H,5-9,19,21H2,1-4H3;6,9H,3H2,1-2H3,(H,7,8)/t33-;/m0./s1. The molecule has 260 valence electrons. The number of anilines is 2. The molecule has 0 unspecified atom stereocenters. The van der Waals surface area contributed by atoms with Gasteiger partial charge in [-0.1, -0.05) is 43.0 Å². The van der Waals surface area contributed by atoms with E-state index in [9.17, 15) is 9.59 Å². The quantitative estimate of drug-likeness (QED) is 0.200. The number of hydrogen-bond acceptors (Lipinski definition) is 6. The van der Waals surface area contributed by atoms with Gasteiger partial charge in [0.15, 0.2) is 11.5 Å². The number of fused-ring (bicyclic) bond motifs is 1. The number of methoxy groups -OCH3 is 1. The van der Waals surface area contributed by atoms with Crippen LogP contribution in [0.1, 0.15) is 82.5 Å². The van der Waals surface area contributed by atoms with Crippen molar-refractivity contribution < 1.29 is 29.3 Å². The minimum absolute atomic E-state index is 0.00889. The first kappa shape index (κ1) is 36.9. The zero-order valence-corrected chi connectivity index (χ0v) is 29.7. The van der Waals surface area contributed by atoms with Crippen molar-refractivity contribution in [3.8, 4) is 11.5 Å². The van der Waals surface area contributed by atoms with E-state index in [4.69, 9.17) is 31.3 Å². The second-order valence-electron chi connectivity index (χ2n) is 13.6. The van der Waals surface area contributed by atoms with Gasteiger partial charge in [0.2, 0.25) is 5.91 Å². The summed E-state index contributed by atoms with van der Waals surface area (Å²) in [5.41, 5.74) is 4.07. The number of aliphatic hydroxyl groups is 1. The molecular weight excluding hydrogens is 630 g/mol. The Labute approximate surface area is 289 Å². The van der Waals surface area contributed by atoms with Crippen molar-refractivity contribution in [3.05, 3.63) is 82.4 Å². The molecule has 1 saturated carbocycles. The van der Waals surface area contributed by atoms with Crippen molar-refractivity contribution in [2.45, 2.75) is 84.0 Å². The molecule has 3 aromatic rings. The molecule has 3 aromatic carbocycles. The third-order valence-electron chi connectivity index (χ3n) is 8.63. The Balaban J connectivity index is 0.000000508. The normalized spacial score (nSPS) is 16.5. The minimum Gasteiger partial charge on any atom is -0.493 e. The van der Waals surface area contributed by atoms with Crippen molar-refractivity contribution in [2.75, 3.05) is 37.0 Å². The highest BCUT2D eigenvalue weighted by molar-refractivity contribution is 6.30. The number of rotatable bonds is 10. The van der Waals surface area contributed by atoms with E-state index in [-0.39, 0.29) is 24.6 Å². The highest BCUT2D eigenvalue weighted by Crippen LogP contribution is 2.44. The molecule has 0 radical (unpaired) electrons. The van der Waals surface area contributed by atoms with Gasteiger partial charge in [-0.05, 0) is 112 Å². The lowest BCUT2D eigenvalue weighted by molar-refractivity contribution is -0.118. The second-order valence-corrected chi connectivity index (χ2v) is 14.1. The molecule has 1 heterocycles. The average Bonchev–Trinajstić information content (AvgIpc) is 3.04. The van der Waals surface area contributed by atoms with Crippen molar-refractivity contribution in [2.24, 2.45) is 5.92 Å². The fourth-order valence-corrected chi connectivity index (χ4v) is 6.48. The molecule has 48 heavy (non-hydrogen) atoms. The molecular formula is C38H50ClN3O6. The summed E-state index contributed by atoms with van der Waals surface area (Å²) in [6, 6.07) is 19.9. The lowest BCUT2D eigenvalue weighted by Crippen LogP contribution is -2.41. The number of halogens is 1. The van der Waals surface area contributed by atoms with Crippen molar-refractivity contribution >= 4 is 35.0 Å². The molecule has 0 aromatic heterocycles. The highest BCUT2D eigenvalue weighted by Gasteiger charge is 2.36. The summed E-state index contributed by atoms with van der Waals surface area (Å²) in [7, 11) is 3.81. The topological polar surface area (TPSA) is 112 Å². The van der Waals surface area contributed by atoms with E-state index in [0.717, 1.165) is 34.8 Å². The Morgan fingerprint density at radius 1 is 1.04 bits per heavy atom. The van der Waals surface area contributed by atoms with Crippen LogP contribution >= 0.6 is 11.6 Å². The first-order valence-electron chi connectivity index (χ1n) is 16.7. The molecule has 1 atom stereocenters. The molecule has 3 N–H and O–H groups in total. The maximum atomic E-state index is 13.8. The van der Waals surface area contributed by atoms with Gasteiger partial charge in [-0.2, -0.15) is 0 Å². The minimum atomic E-state index is -1.11. The maximum absolute atomic E-state index is 13.8. The van der Waals surface area contributed by atoms with Gasteiger partial charge in [0.25, 0.3) is 0 Å². The van der Waals surface area contributed by atoms with E-state index in [1.54, 1.807) is 7.11 Å². The van der Waals surface area contributed by atoms with Crippen LogP contribution in [0.5, 0.6) is 11.5 Å². The first-order valence-corrected chi connectivity index (χ1v) is 17.1. The van der Waals surface area contributed by atoms with Crippen molar-refractivity contribution in [1.29, 1.82) is 0 Å². The average molecular weight is 680 g/mol. The van der Waals surface area contributed by atoms with E-state index in [1.165, 1.54) is 51.6 Å². The van der Waals surface area contributed by atoms with Crippen LogP contribution in [-0.2, 0) is 11.2 Å². The van der Waals surface area contributed by atoms with Gasteiger partial charge >= 0.3 is 6.09 Å². The van der Waals surface area contributed by atoms with E-state index in [1.807, 2.05) is 55.1 Å². The van der Waals surface area contributed by atoms with Crippen LogP contribution in [0.3, 0.4) is 0 Å². The van der Waals surface area contributed by atoms with E-state index < -0.39 is 11.7 Å².